The average molecular weight is 365 g/mol. The van der Waals surface area contributed by atoms with Gasteiger partial charge in [-0.1, -0.05) is 43.6 Å². The van der Waals surface area contributed by atoms with Crippen LogP contribution in [-0.2, 0) is 0 Å². The summed E-state index contributed by atoms with van der Waals surface area (Å²) >= 11 is 6.16. The Hall–Kier alpha value is -1.57. The molecule has 0 aliphatic heterocycles. The van der Waals surface area contributed by atoms with Gasteiger partial charge in [0.25, 0.3) is 0 Å². The van der Waals surface area contributed by atoms with E-state index in [4.69, 9.17) is 21.1 Å². The summed E-state index contributed by atoms with van der Waals surface area (Å²) in [6.45, 7) is 5.04. The first kappa shape index (κ1) is 18.8. The lowest BCUT2D eigenvalue weighted by molar-refractivity contribution is 0.108. The van der Waals surface area contributed by atoms with Crippen molar-refractivity contribution < 1.29 is 14.3 Å². The second-order valence-corrected chi connectivity index (χ2v) is 7.52. The van der Waals surface area contributed by atoms with Crippen molar-refractivity contribution in [1.29, 1.82) is 0 Å². The quantitative estimate of drug-likeness (QED) is 0.624. The minimum Gasteiger partial charge on any atom is -0.496 e. The average Bonchev–Trinajstić information content (AvgIpc) is 2.55. The van der Waals surface area contributed by atoms with Crippen molar-refractivity contribution in [3.8, 4) is 11.5 Å². The summed E-state index contributed by atoms with van der Waals surface area (Å²) in [6.07, 6.45) is 1.02. The molecule has 0 saturated heterocycles. The van der Waals surface area contributed by atoms with Gasteiger partial charge in [-0.2, -0.15) is 0 Å². The van der Waals surface area contributed by atoms with Crippen molar-refractivity contribution in [3.05, 3.63) is 53.1 Å². The molecule has 0 saturated carbocycles. The van der Waals surface area contributed by atoms with Gasteiger partial charge in [-0.3, -0.25) is 4.79 Å². The van der Waals surface area contributed by atoms with E-state index in [0.717, 1.165) is 17.5 Å². The molecule has 0 amide bonds. The summed E-state index contributed by atoms with van der Waals surface area (Å²) in [5.74, 6) is 1.95. The van der Waals surface area contributed by atoms with Gasteiger partial charge in [0.2, 0.25) is 0 Å². The maximum absolute atomic E-state index is 12.6. The first-order valence-corrected chi connectivity index (χ1v) is 9.25. The number of carbonyl (C=O) groups excluding carboxylic acids is 1. The molecular weight excluding hydrogens is 343 g/mol. The molecule has 5 heteroatoms. The molecule has 0 aliphatic carbocycles. The number of carbonyl (C=O) groups is 1. The zero-order valence-corrected chi connectivity index (χ0v) is 15.9. The highest BCUT2D eigenvalue weighted by atomic mass is 35.5. The molecule has 0 spiro atoms. The lowest BCUT2D eigenvalue weighted by Crippen LogP contribution is -2.05. The summed E-state index contributed by atoms with van der Waals surface area (Å²) in [5, 5.41) is 1.36. The van der Waals surface area contributed by atoms with Crippen LogP contribution in [0.5, 0.6) is 11.5 Å². The highest BCUT2D eigenvalue weighted by Crippen LogP contribution is 2.32. The van der Waals surface area contributed by atoms with Crippen LogP contribution in [0.3, 0.4) is 0 Å². The molecule has 24 heavy (non-hydrogen) atoms. The number of methoxy groups -OCH3 is 1. The molecular formula is C19H22ClO3P. The van der Waals surface area contributed by atoms with Crippen molar-refractivity contribution in [2.45, 2.75) is 20.3 Å². The summed E-state index contributed by atoms with van der Waals surface area (Å²) in [5.41, 5.74) is 0.406. The van der Waals surface area contributed by atoms with E-state index in [1.165, 1.54) is 7.11 Å². The van der Waals surface area contributed by atoms with E-state index in [1.807, 2.05) is 24.3 Å². The smallest absolute Gasteiger partial charge is 0.190 e. The van der Waals surface area contributed by atoms with E-state index in [1.54, 1.807) is 18.2 Å². The van der Waals surface area contributed by atoms with Crippen molar-refractivity contribution in [2.75, 3.05) is 13.7 Å². The topological polar surface area (TPSA) is 35.5 Å². The molecule has 0 bridgehead atoms. The van der Waals surface area contributed by atoms with Crippen LogP contribution < -0.4 is 14.8 Å². The van der Waals surface area contributed by atoms with Crippen LogP contribution in [0.1, 0.15) is 30.6 Å². The normalized spacial score (nSPS) is 11.2. The highest BCUT2D eigenvalue weighted by molar-refractivity contribution is 7.66. The maximum atomic E-state index is 12.6. The molecule has 0 fully saturated rings. The van der Waals surface area contributed by atoms with E-state index < -0.39 is 0 Å². The SMILES string of the molecule is COc1cccc(Cl)c1C(=O)Pc1ccc(OCCC(C)C)cc1. The molecule has 2 rings (SSSR count). The first-order valence-electron chi connectivity index (χ1n) is 7.88. The van der Waals surface area contributed by atoms with E-state index in [2.05, 4.69) is 13.8 Å². The van der Waals surface area contributed by atoms with Crippen molar-refractivity contribution >= 4 is 31.0 Å². The zero-order valence-electron chi connectivity index (χ0n) is 14.1. The number of halogens is 1. The number of hydrogen-bond acceptors (Lipinski definition) is 3. The summed E-state index contributed by atoms with van der Waals surface area (Å²) in [4.78, 5) is 12.6. The van der Waals surface area contributed by atoms with Gasteiger partial charge in [0.05, 0.1) is 24.3 Å². The van der Waals surface area contributed by atoms with Gasteiger partial charge >= 0.3 is 0 Å². The van der Waals surface area contributed by atoms with E-state index in [0.29, 0.717) is 28.9 Å². The Morgan fingerprint density at radius 1 is 1.17 bits per heavy atom. The third kappa shape index (κ3) is 5.22. The van der Waals surface area contributed by atoms with Gasteiger partial charge in [0.15, 0.2) is 5.52 Å². The molecule has 128 valence electrons. The van der Waals surface area contributed by atoms with E-state index >= 15 is 0 Å². The Kier molecular flexibility index (Phi) is 7.08. The summed E-state index contributed by atoms with van der Waals surface area (Å²) < 4.78 is 10.9. The highest BCUT2D eigenvalue weighted by Gasteiger charge is 2.16. The van der Waals surface area contributed by atoms with Crippen molar-refractivity contribution in [1.82, 2.24) is 0 Å². The predicted molar refractivity (Wildman–Crippen MR) is 102 cm³/mol. The maximum Gasteiger partial charge on any atom is 0.190 e. The van der Waals surface area contributed by atoms with Crippen LogP contribution in [0.25, 0.3) is 0 Å². The predicted octanol–water partition coefficient (Wildman–Crippen LogP) is 4.92. The third-order valence-electron chi connectivity index (χ3n) is 3.50. The largest absolute Gasteiger partial charge is 0.496 e. The number of hydrogen-bond donors (Lipinski definition) is 0. The van der Waals surface area contributed by atoms with Crippen LogP contribution in [0, 0.1) is 5.92 Å². The van der Waals surface area contributed by atoms with Gasteiger partial charge in [-0.25, -0.2) is 0 Å². The van der Waals surface area contributed by atoms with E-state index in [9.17, 15) is 4.79 Å². The fourth-order valence-electron chi connectivity index (χ4n) is 2.14. The Morgan fingerprint density at radius 2 is 1.88 bits per heavy atom. The Balaban J connectivity index is 2.02. The number of ether oxygens (including phenoxy) is 2. The molecule has 0 aliphatic rings. The van der Waals surface area contributed by atoms with Gasteiger partial charge in [-0.05, 0) is 50.5 Å². The lowest BCUT2D eigenvalue weighted by atomic mass is 10.1. The summed E-state index contributed by atoms with van der Waals surface area (Å²) in [7, 11) is 1.52. The minimum absolute atomic E-state index is 0.0127. The molecule has 1 unspecified atom stereocenters. The molecule has 1 atom stereocenters. The van der Waals surface area contributed by atoms with Gasteiger partial charge in [-0.15, -0.1) is 0 Å². The molecule has 0 radical (unpaired) electrons. The van der Waals surface area contributed by atoms with E-state index in [-0.39, 0.29) is 14.1 Å². The second kappa shape index (κ2) is 9.05. The zero-order chi connectivity index (χ0) is 17.5. The van der Waals surface area contributed by atoms with Crippen LogP contribution in [0.4, 0.5) is 0 Å². The summed E-state index contributed by atoms with van der Waals surface area (Å²) in [6, 6.07) is 12.9. The standard InChI is InChI=1S/C19H22ClO3P/c1-13(2)11-12-23-14-7-9-15(10-8-14)24-19(21)18-16(20)5-4-6-17(18)22-3/h4-10,13,24H,11-12H2,1-3H3. The van der Waals surface area contributed by atoms with Crippen LogP contribution in [0.2, 0.25) is 5.02 Å². The minimum atomic E-state index is -0.0362. The first-order chi connectivity index (χ1) is 11.5. The van der Waals surface area contributed by atoms with Crippen molar-refractivity contribution in [2.24, 2.45) is 5.92 Å². The van der Waals surface area contributed by atoms with Gasteiger partial charge in [0.1, 0.15) is 11.5 Å². The monoisotopic (exact) mass is 364 g/mol. The number of benzene rings is 2. The lowest BCUT2D eigenvalue weighted by Gasteiger charge is -2.10. The molecule has 2 aromatic carbocycles. The van der Waals surface area contributed by atoms with Crippen LogP contribution in [-0.4, -0.2) is 19.2 Å². The molecule has 0 N–H and O–H groups in total. The van der Waals surface area contributed by atoms with Crippen molar-refractivity contribution in [3.63, 3.8) is 0 Å². The van der Waals surface area contributed by atoms with Gasteiger partial charge in [0, 0.05) is 0 Å². The molecule has 0 aromatic heterocycles. The fourth-order valence-corrected chi connectivity index (χ4v) is 3.44. The number of rotatable bonds is 8. The Morgan fingerprint density at radius 3 is 2.50 bits per heavy atom. The van der Waals surface area contributed by atoms with Crippen LogP contribution in [0.15, 0.2) is 42.5 Å². The van der Waals surface area contributed by atoms with Gasteiger partial charge < -0.3 is 9.47 Å². The molecule has 2 aromatic rings. The Bertz CT molecular complexity index is 684. The van der Waals surface area contributed by atoms with Crippen LogP contribution >= 0.6 is 20.2 Å². The fraction of sp³-hybridized carbons (Fsp3) is 0.316. The molecule has 0 heterocycles. The molecule has 3 nitrogen and oxygen atoms in total. The Labute approximate surface area is 150 Å². The third-order valence-corrected chi connectivity index (χ3v) is 4.91. The second-order valence-electron chi connectivity index (χ2n) is 5.83.